The number of alkyl halides is 3. The van der Waals surface area contributed by atoms with Crippen LogP contribution in [0.15, 0.2) is 24.3 Å². The number of hydrogen-bond acceptors (Lipinski definition) is 5. The topological polar surface area (TPSA) is 115 Å². The van der Waals surface area contributed by atoms with E-state index in [4.69, 9.17) is 17.3 Å². The van der Waals surface area contributed by atoms with Crippen LogP contribution in [0.5, 0.6) is 0 Å². The number of aromatic nitrogens is 2. The molecule has 0 radical (unpaired) electrons. The molecule has 2 aromatic rings. The summed E-state index contributed by atoms with van der Waals surface area (Å²) < 4.78 is 27.9. The van der Waals surface area contributed by atoms with Crippen molar-refractivity contribution >= 4 is 35.0 Å². The van der Waals surface area contributed by atoms with E-state index in [1.807, 2.05) is 0 Å². The minimum atomic E-state index is -3.79. The molecular formula is C16H14ClF2N5O3. The first kappa shape index (κ1) is 18.9. The molecule has 0 saturated carbocycles. The highest BCUT2D eigenvalue weighted by molar-refractivity contribution is 6.21. The Morgan fingerprint density at radius 2 is 1.93 bits per heavy atom. The first-order chi connectivity index (χ1) is 12.7. The summed E-state index contributed by atoms with van der Waals surface area (Å²) in [6.07, 6.45) is 2.13. The molecule has 3 rings (SSSR count). The van der Waals surface area contributed by atoms with E-state index in [1.54, 1.807) is 0 Å². The third kappa shape index (κ3) is 3.65. The van der Waals surface area contributed by atoms with Crippen molar-refractivity contribution in [3.05, 3.63) is 51.3 Å². The zero-order valence-corrected chi connectivity index (χ0v) is 14.6. The number of aryl methyl sites for hydroxylation is 1. The van der Waals surface area contributed by atoms with Crippen LogP contribution in [0.25, 0.3) is 0 Å². The fraction of sp³-hybridized carbons (Fsp3) is 0.312. The van der Waals surface area contributed by atoms with Crippen LogP contribution >= 0.6 is 11.6 Å². The van der Waals surface area contributed by atoms with Crippen LogP contribution in [-0.2, 0) is 18.2 Å². The van der Waals surface area contributed by atoms with Gasteiger partial charge in [0.15, 0.2) is 0 Å². The van der Waals surface area contributed by atoms with Crippen molar-refractivity contribution in [2.45, 2.75) is 31.1 Å². The monoisotopic (exact) mass is 397 g/mol. The quantitative estimate of drug-likeness (QED) is 0.479. The fourth-order valence-corrected chi connectivity index (χ4v) is 3.20. The van der Waals surface area contributed by atoms with Gasteiger partial charge in [-0.05, 0) is 43.4 Å². The number of para-hydroxylation sites is 2. The van der Waals surface area contributed by atoms with E-state index in [0.717, 1.165) is 12.5 Å². The molecule has 0 aliphatic heterocycles. The van der Waals surface area contributed by atoms with Crippen molar-refractivity contribution in [2.75, 3.05) is 4.90 Å². The molecule has 8 nitrogen and oxygen atoms in total. The van der Waals surface area contributed by atoms with Gasteiger partial charge in [0.05, 0.1) is 4.92 Å². The number of carbonyl (C=O) groups excluding carboxylic acids is 1. The van der Waals surface area contributed by atoms with Crippen LogP contribution in [0.4, 0.5) is 30.9 Å². The van der Waals surface area contributed by atoms with Gasteiger partial charge in [0.1, 0.15) is 11.4 Å². The molecule has 11 heteroatoms. The lowest BCUT2D eigenvalue weighted by molar-refractivity contribution is -0.384. The summed E-state index contributed by atoms with van der Waals surface area (Å²) in [7, 11) is 0. The normalized spacial score (nSPS) is 13.7. The number of halogens is 3. The highest BCUT2D eigenvalue weighted by atomic mass is 35.5. The molecule has 1 heterocycles. The van der Waals surface area contributed by atoms with Crippen molar-refractivity contribution in [1.82, 2.24) is 9.97 Å². The minimum absolute atomic E-state index is 0.227. The van der Waals surface area contributed by atoms with Crippen LogP contribution in [0.3, 0.4) is 0 Å². The third-order valence-electron chi connectivity index (χ3n) is 4.18. The van der Waals surface area contributed by atoms with Crippen LogP contribution in [0.2, 0.25) is 0 Å². The second kappa shape index (κ2) is 7.03. The zero-order valence-electron chi connectivity index (χ0n) is 13.9. The highest BCUT2D eigenvalue weighted by Crippen LogP contribution is 2.39. The molecule has 0 fully saturated rings. The lowest BCUT2D eigenvalue weighted by Crippen LogP contribution is -2.34. The van der Waals surface area contributed by atoms with Gasteiger partial charge in [0.25, 0.3) is 5.69 Å². The Balaban J connectivity index is 2.24. The average molecular weight is 398 g/mol. The fourth-order valence-electron chi connectivity index (χ4n) is 3.05. The van der Waals surface area contributed by atoms with Crippen LogP contribution in [0, 0.1) is 10.1 Å². The summed E-state index contributed by atoms with van der Waals surface area (Å²) in [4.78, 5) is 31.2. The van der Waals surface area contributed by atoms with E-state index in [2.05, 4.69) is 9.97 Å². The van der Waals surface area contributed by atoms with Crippen LogP contribution < -0.4 is 10.6 Å². The summed E-state index contributed by atoms with van der Waals surface area (Å²) in [6.45, 7) is 0. The molecule has 0 spiro atoms. The maximum atomic E-state index is 13.9. The SMILES string of the molecule is NC(=O)N(c1nc2c(c(C(F)(F)Cl)n1)CCCC2)c1ccccc1[N+](=O)[O-]. The van der Waals surface area contributed by atoms with Crippen molar-refractivity contribution in [1.29, 1.82) is 0 Å². The van der Waals surface area contributed by atoms with Gasteiger partial charge in [-0.3, -0.25) is 10.1 Å². The van der Waals surface area contributed by atoms with Gasteiger partial charge >= 0.3 is 11.4 Å². The Bertz CT molecular complexity index is 919. The van der Waals surface area contributed by atoms with E-state index >= 15 is 0 Å². The molecular weight excluding hydrogens is 384 g/mol. The number of fused-ring (bicyclic) bond motifs is 1. The van der Waals surface area contributed by atoms with Gasteiger partial charge in [0.2, 0.25) is 5.95 Å². The first-order valence-electron chi connectivity index (χ1n) is 8.00. The van der Waals surface area contributed by atoms with Gasteiger partial charge < -0.3 is 5.73 Å². The lowest BCUT2D eigenvalue weighted by Gasteiger charge is -2.24. The van der Waals surface area contributed by atoms with Gasteiger partial charge in [-0.25, -0.2) is 19.7 Å². The Labute approximate surface area is 157 Å². The first-order valence-corrected chi connectivity index (χ1v) is 8.38. The van der Waals surface area contributed by atoms with Gasteiger partial charge in [-0.15, -0.1) is 0 Å². The number of nitrogens with two attached hydrogens (primary N) is 1. The number of rotatable bonds is 4. The highest BCUT2D eigenvalue weighted by Gasteiger charge is 2.37. The van der Waals surface area contributed by atoms with Crippen LogP contribution in [-0.4, -0.2) is 20.9 Å². The van der Waals surface area contributed by atoms with Crippen molar-refractivity contribution in [3.8, 4) is 0 Å². The lowest BCUT2D eigenvalue weighted by atomic mass is 9.94. The molecule has 1 aliphatic rings. The summed E-state index contributed by atoms with van der Waals surface area (Å²) in [5, 5.41) is 7.50. The second-order valence-corrected chi connectivity index (χ2v) is 6.40. The predicted molar refractivity (Wildman–Crippen MR) is 93.2 cm³/mol. The smallest absolute Gasteiger partial charge is 0.351 e. The average Bonchev–Trinajstić information content (AvgIpc) is 2.60. The molecule has 27 heavy (non-hydrogen) atoms. The van der Waals surface area contributed by atoms with Gasteiger partial charge in [-0.2, -0.15) is 8.78 Å². The second-order valence-electron chi connectivity index (χ2n) is 5.92. The Hall–Kier alpha value is -2.88. The molecule has 1 aromatic carbocycles. The molecule has 2 amide bonds. The Morgan fingerprint density at radius 1 is 1.26 bits per heavy atom. The zero-order chi connectivity index (χ0) is 19.8. The minimum Gasteiger partial charge on any atom is -0.351 e. The van der Waals surface area contributed by atoms with E-state index in [1.165, 1.54) is 18.2 Å². The van der Waals surface area contributed by atoms with E-state index in [9.17, 15) is 23.7 Å². The number of hydrogen-bond donors (Lipinski definition) is 1. The van der Waals surface area contributed by atoms with Crippen molar-refractivity contribution in [2.24, 2.45) is 5.73 Å². The number of nitro benzene ring substituents is 1. The molecule has 1 aliphatic carbocycles. The molecule has 1 aromatic heterocycles. The number of nitro groups is 1. The van der Waals surface area contributed by atoms with E-state index < -0.39 is 33.7 Å². The number of amides is 2. The molecule has 0 bridgehead atoms. The summed E-state index contributed by atoms with van der Waals surface area (Å²) in [5.74, 6) is -0.479. The Morgan fingerprint density at radius 3 is 2.56 bits per heavy atom. The van der Waals surface area contributed by atoms with E-state index in [-0.39, 0.29) is 11.3 Å². The number of nitrogens with zero attached hydrogens (tertiary/aromatic N) is 4. The third-order valence-corrected chi connectivity index (χ3v) is 4.36. The number of carbonyl (C=O) groups is 1. The molecule has 142 valence electrons. The molecule has 0 unspecified atom stereocenters. The van der Waals surface area contributed by atoms with Crippen molar-refractivity contribution in [3.63, 3.8) is 0 Å². The number of primary amides is 1. The van der Waals surface area contributed by atoms with Crippen molar-refractivity contribution < 1.29 is 18.5 Å². The summed E-state index contributed by atoms with van der Waals surface area (Å²) >= 11 is 5.21. The molecule has 2 N–H and O–H groups in total. The number of benzene rings is 1. The number of anilines is 2. The maximum Gasteiger partial charge on any atom is 0.365 e. The Kier molecular flexibility index (Phi) is 4.92. The standard InChI is InChI=1S/C16H14ClF2N5O3/c17-16(18,19)13-9-5-1-2-6-10(9)21-15(22-13)23(14(20)25)11-7-3-4-8-12(11)24(26)27/h3-4,7-8H,1-2,5-6H2,(H2,20,25). The van der Waals surface area contributed by atoms with E-state index in [0.29, 0.717) is 29.9 Å². The van der Waals surface area contributed by atoms with Crippen LogP contribution in [0.1, 0.15) is 29.8 Å². The van der Waals surface area contributed by atoms with Gasteiger partial charge in [0, 0.05) is 17.3 Å². The number of urea groups is 1. The predicted octanol–water partition coefficient (Wildman–Crippen LogP) is 3.77. The largest absolute Gasteiger partial charge is 0.365 e. The summed E-state index contributed by atoms with van der Waals surface area (Å²) in [5.41, 5.74) is 4.54. The molecule has 0 atom stereocenters. The summed E-state index contributed by atoms with van der Waals surface area (Å²) in [6, 6.07) is 4.09. The van der Waals surface area contributed by atoms with Gasteiger partial charge in [-0.1, -0.05) is 12.1 Å². The maximum absolute atomic E-state index is 13.9. The molecule has 0 saturated heterocycles.